The van der Waals surface area contributed by atoms with Gasteiger partial charge in [-0.25, -0.2) is 4.39 Å². The zero-order valence-electron chi connectivity index (χ0n) is 12.0. The van der Waals surface area contributed by atoms with Crippen LogP contribution in [-0.2, 0) is 13.0 Å². The molecule has 2 rings (SSSR count). The van der Waals surface area contributed by atoms with Crippen LogP contribution in [0.15, 0.2) is 24.3 Å². The Morgan fingerprint density at radius 1 is 1.40 bits per heavy atom. The molecule has 20 heavy (non-hydrogen) atoms. The highest BCUT2D eigenvalue weighted by Gasteiger charge is 2.17. The number of nitrogens with zero attached hydrogens (tertiary/aromatic N) is 2. The minimum atomic E-state index is -0.311. The number of likely N-dealkylation sites (N-methyl/N-ethyl adjacent to an activating group) is 1. The summed E-state index contributed by atoms with van der Waals surface area (Å²) in [5, 5.41) is 8.21. The lowest BCUT2D eigenvalue weighted by Gasteiger charge is -2.18. The van der Waals surface area contributed by atoms with E-state index in [0.717, 1.165) is 23.5 Å². The van der Waals surface area contributed by atoms with Gasteiger partial charge >= 0.3 is 0 Å². The second kappa shape index (κ2) is 6.37. The van der Waals surface area contributed by atoms with E-state index in [4.69, 9.17) is 11.6 Å². The number of hydrogen-bond donors (Lipinski definition) is 1. The molecule has 2 aromatic rings. The van der Waals surface area contributed by atoms with E-state index in [0.29, 0.717) is 11.4 Å². The molecule has 108 valence electrons. The van der Waals surface area contributed by atoms with Crippen molar-refractivity contribution in [3.63, 3.8) is 0 Å². The van der Waals surface area contributed by atoms with Gasteiger partial charge in [-0.1, -0.05) is 17.7 Å². The van der Waals surface area contributed by atoms with Crippen LogP contribution < -0.4 is 5.32 Å². The van der Waals surface area contributed by atoms with Gasteiger partial charge in [0, 0.05) is 11.6 Å². The first kappa shape index (κ1) is 15.0. The van der Waals surface area contributed by atoms with Crippen molar-refractivity contribution in [2.75, 3.05) is 7.05 Å². The van der Waals surface area contributed by atoms with E-state index >= 15 is 0 Å². The van der Waals surface area contributed by atoms with Gasteiger partial charge in [-0.3, -0.25) is 4.68 Å². The summed E-state index contributed by atoms with van der Waals surface area (Å²) in [6, 6.07) is 6.70. The summed E-state index contributed by atoms with van der Waals surface area (Å²) >= 11 is 6.11. The van der Waals surface area contributed by atoms with Crippen molar-refractivity contribution >= 4 is 11.6 Å². The zero-order chi connectivity index (χ0) is 14.7. The summed E-state index contributed by atoms with van der Waals surface area (Å²) in [4.78, 5) is 0. The van der Waals surface area contributed by atoms with Crippen LogP contribution in [0.5, 0.6) is 0 Å². The minimum Gasteiger partial charge on any atom is -0.311 e. The molecule has 1 atom stereocenters. The van der Waals surface area contributed by atoms with Gasteiger partial charge in [-0.2, -0.15) is 5.10 Å². The fourth-order valence-electron chi connectivity index (χ4n) is 2.36. The van der Waals surface area contributed by atoms with Gasteiger partial charge in [0.05, 0.1) is 17.4 Å². The number of aromatic nitrogens is 2. The van der Waals surface area contributed by atoms with E-state index in [1.54, 1.807) is 6.07 Å². The Balaban J connectivity index is 2.28. The predicted octanol–water partition coefficient (Wildman–Crippen LogP) is 3.51. The summed E-state index contributed by atoms with van der Waals surface area (Å²) in [5.41, 5.74) is 3.04. The largest absolute Gasteiger partial charge is 0.311 e. The molecule has 3 nitrogen and oxygen atoms in total. The lowest BCUT2D eigenvalue weighted by Crippen LogP contribution is -2.22. The first-order valence-electron chi connectivity index (χ1n) is 6.70. The van der Waals surface area contributed by atoms with Gasteiger partial charge in [-0.15, -0.1) is 0 Å². The second-order valence-electron chi connectivity index (χ2n) is 4.81. The topological polar surface area (TPSA) is 29.9 Å². The molecule has 0 radical (unpaired) electrons. The first-order valence-corrected chi connectivity index (χ1v) is 7.08. The van der Waals surface area contributed by atoms with Crippen LogP contribution in [0.1, 0.15) is 29.9 Å². The molecule has 0 saturated carbocycles. The summed E-state index contributed by atoms with van der Waals surface area (Å²) in [6.45, 7) is 4.86. The van der Waals surface area contributed by atoms with E-state index in [2.05, 4.69) is 23.4 Å². The molecule has 0 fully saturated rings. The molecule has 5 heteroatoms. The van der Waals surface area contributed by atoms with Crippen LogP contribution in [0.3, 0.4) is 0 Å². The van der Waals surface area contributed by atoms with Crippen LogP contribution in [0.25, 0.3) is 0 Å². The quantitative estimate of drug-likeness (QED) is 0.915. The van der Waals surface area contributed by atoms with Crippen LogP contribution in [0.4, 0.5) is 4.39 Å². The SMILES string of the molecule is CCn1nc(C)cc1C(Cc1ccc(F)cc1Cl)NC. The highest BCUT2D eigenvalue weighted by atomic mass is 35.5. The van der Waals surface area contributed by atoms with Gasteiger partial charge < -0.3 is 5.32 Å². The summed E-state index contributed by atoms with van der Waals surface area (Å²) in [7, 11) is 1.91. The maximum atomic E-state index is 13.1. The number of benzene rings is 1. The van der Waals surface area contributed by atoms with Crippen LogP contribution >= 0.6 is 11.6 Å². The molecule has 0 aliphatic carbocycles. The molecule has 0 saturated heterocycles. The molecule has 1 aromatic heterocycles. The fraction of sp³-hybridized carbons (Fsp3) is 0.400. The van der Waals surface area contributed by atoms with Crippen molar-refractivity contribution < 1.29 is 4.39 Å². The van der Waals surface area contributed by atoms with Crippen LogP contribution in [0.2, 0.25) is 5.02 Å². The molecule has 0 amide bonds. The Bertz CT molecular complexity index is 595. The molecular formula is C15H19ClFN3. The number of rotatable bonds is 5. The molecule has 0 spiro atoms. The van der Waals surface area contributed by atoms with Crippen LogP contribution in [-0.4, -0.2) is 16.8 Å². The number of halogens is 2. The summed E-state index contributed by atoms with van der Waals surface area (Å²) in [5.74, 6) is -0.311. The number of nitrogens with one attached hydrogen (secondary N) is 1. The molecular weight excluding hydrogens is 277 g/mol. The van der Waals surface area contributed by atoms with Crippen molar-refractivity contribution in [2.45, 2.75) is 32.9 Å². The smallest absolute Gasteiger partial charge is 0.124 e. The molecule has 0 aliphatic heterocycles. The monoisotopic (exact) mass is 295 g/mol. The van der Waals surface area contributed by atoms with E-state index < -0.39 is 0 Å². The standard InChI is InChI=1S/C15H19ClFN3/c1-4-20-15(7-10(2)19-20)14(18-3)8-11-5-6-12(17)9-13(11)16/h5-7,9,14,18H,4,8H2,1-3H3. The zero-order valence-corrected chi connectivity index (χ0v) is 12.7. The van der Waals surface area contributed by atoms with Crippen molar-refractivity contribution in [2.24, 2.45) is 0 Å². The van der Waals surface area contributed by atoms with Gasteiger partial charge in [-0.05, 0) is 51.1 Å². The Labute approximate surface area is 123 Å². The molecule has 1 aromatic carbocycles. The van der Waals surface area contributed by atoms with Gasteiger partial charge in [0.1, 0.15) is 5.82 Å². The average Bonchev–Trinajstić information content (AvgIpc) is 2.79. The normalized spacial score (nSPS) is 12.7. The predicted molar refractivity (Wildman–Crippen MR) is 79.6 cm³/mol. The maximum Gasteiger partial charge on any atom is 0.124 e. The number of aryl methyl sites for hydroxylation is 2. The van der Waals surface area contributed by atoms with E-state index in [1.165, 1.54) is 12.1 Å². The molecule has 0 bridgehead atoms. The average molecular weight is 296 g/mol. The Kier molecular flexibility index (Phi) is 4.78. The molecule has 1 N–H and O–H groups in total. The summed E-state index contributed by atoms with van der Waals surface area (Å²) in [6.07, 6.45) is 0.695. The lowest BCUT2D eigenvalue weighted by molar-refractivity contribution is 0.512. The van der Waals surface area contributed by atoms with Crippen molar-refractivity contribution in [3.8, 4) is 0 Å². The van der Waals surface area contributed by atoms with Crippen molar-refractivity contribution in [1.29, 1.82) is 0 Å². The van der Waals surface area contributed by atoms with Crippen molar-refractivity contribution in [1.82, 2.24) is 15.1 Å². The Morgan fingerprint density at radius 3 is 2.75 bits per heavy atom. The Hall–Kier alpha value is -1.39. The molecule has 0 aliphatic rings. The molecule has 1 heterocycles. The second-order valence-corrected chi connectivity index (χ2v) is 5.21. The highest BCUT2D eigenvalue weighted by Crippen LogP contribution is 2.24. The molecule has 1 unspecified atom stereocenters. The minimum absolute atomic E-state index is 0.0964. The van der Waals surface area contributed by atoms with E-state index in [-0.39, 0.29) is 11.9 Å². The third-order valence-corrected chi connectivity index (χ3v) is 3.73. The lowest BCUT2D eigenvalue weighted by atomic mass is 10.0. The maximum absolute atomic E-state index is 13.1. The van der Waals surface area contributed by atoms with Gasteiger partial charge in [0.15, 0.2) is 0 Å². The van der Waals surface area contributed by atoms with Gasteiger partial charge in [0.25, 0.3) is 0 Å². The fourth-order valence-corrected chi connectivity index (χ4v) is 2.61. The van der Waals surface area contributed by atoms with E-state index in [9.17, 15) is 4.39 Å². The van der Waals surface area contributed by atoms with Gasteiger partial charge in [0.2, 0.25) is 0 Å². The third-order valence-electron chi connectivity index (χ3n) is 3.38. The summed E-state index contributed by atoms with van der Waals surface area (Å²) < 4.78 is 15.1. The Morgan fingerprint density at radius 2 is 2.15 bits per heavy atom. The third kappa shape index (κ3) is 3.19. The van der Waals surface area contributed by atoms with Crippen molar-refractivity contribution in [3.05, 3.63) is 52.1 Å². The van der Waals surface area contributed by atoms with Crippen LogP contribution in [0, 0.1) is 12.7 Å². The first-order chi connectivity index (χ1) is 9.55. The van der Waals surface area contributed by atoms with E-state index in [1.807, 2.05) is 18.7 Å². The highest BCUT2D eigenvalue weighted by molar-refractivity contribution is 6.31. The number of hydrogen-bond acceptors (Lipinski definition) is 2.